The van der Waals surface area contributed by atoms with E-state index in [1.54, 1.807) is 6.07 Å². The summed E-state index contributed by atoms with van der Waals surface area (Å²) >= 11 is 0. The molecule has 0 radical (unpaired) electrons. The highest BCUT2D eigenvalue weighted by Crippen LogP contribution is 2.39. The van der Waals surface area contributed by atoms with E-state index in [-0.39, 0.29) is 18.0 Å². The highest BCUT2D eigenvalue weighted by atomic mass is 19.4. The lowest BCUT2D eigenvalue weighted by molar-refractivity contribution is -0.137. The zero-order valence-electron chi connectivity index (χ0n) is 15.1. The van der Waals surface area contributed by atoms with Crippen molar-refractivity contribution in [2.45, 2.75) is 63.7 Å². The van der Waals surface area contributed by atoms with E-state index in [2.05, 4.69) is 17.6 Å². The Bertz CT molecular complexity index is 632. The van der Waals surface area contributed by atoms with Gasteiger partial charge in [0.2, 0.25) is 5.91 Å². The molecule has 1 amide bonds. The van der Waals surface area contributed by atoms with Crippen LogP contribution in [0.5, 0.6) is 0 Å². The van der Waals surface area contributed by atoms with Crippen molar-refractivity contribution in [2.24, 2.45) is 11.8 Å². The van der Waals surface area contributed by atoms with Crippen LogP contribution < -0.4 is 10.6 Å². The number of carbonyl (C=O) groups excluding carboxylic acids is 1. The fraction of sp³-hybridized carbons (Fsp3) is 0.650. The summed E-state index contributed by atoms with van der Waals surface area (Å²) < 4.78 is 38.7. The Morgan fingerprint density at radius 3 is 2.81 bits per heavy atom. The molecule has 3 rings (SSSR count). The minimum absolute atomic E-state index is 0.124. The minimum Gasteiger partial charge on any atom is -0.353 e. The Kier molecular flexibility index (Phi) is 5.90. The van der Waals surface area contributed by atoms with Gasteiger partial charge in [-0.3, -0.25) is 4.79 Å². The number of halogens is 3. The molecule has 4 atom stereocenters. The van der Waals surface area contributed by atoms with E-state index in [4.69, 9.17) is 0 Å². The van der Waals surface area contributed by atoms with E-state index in [0.717, 1.165) is 38.3 Å². The molecule has 0 spiro atoms. The van der Waals surface area contributed by atoms with E-state index >= 15 is 0 Å². The van der Waals surface area contributed by atoms with Gasteiger partial charge in [-0.1, -0.05) is 31.5 Å². The summed E-state index contributed by atoms with van der Waals surface area (Å²) in [6.07, 6.45) is 0.762. The largest absolute Gasteiger partial charge is 0.416 e. The van der Waals surface area contributed by atoms with Crippen LogP contribution in [-0.2, 0) is 17.4 Å². The molecule has 2 aliphatic rings. The average molecular weight is 368 g/mol. The summed E-state index contributed by atoms with van der Waals surface area (Å²) in [7, 11) is 0. The number of benzene rings is 1. The highest BCUT2D eigenvalue weighted by molar-refractivity contribution is 5.76. The lowest BCUT2D eigenvalue weighted by Crippen LogP contribution is -2.39. The smallest absolute Gasteiger partial charge is 0.353 e. The summed E-state index contributed by atoms with van der Waals surface area (Å²) in [4.78, 5) is 12.0. The summed E-state index contributed by atoms with van der Waals surface area (Å²) in [5, 5.41) is 6.65. The van der Waals surface area contributed by atoms with Crippen molar-refractivity contribution in [2.75, 3.05) is 6.54 Å². The highest BCUT2D eigenvalue weighted by Gasteiger charge is 2.45. The molecule has 1 aromatic rings. The molecule has 1 aliphatic carbocycles. The van der Waals surface area contributed by atoms with Gasteiger partial charge in [-0.2, -0.15) is 13.2 Å². The quantitative estimate of drug-likeness (QED) is 0.799. The standard InChI is InChI=1S/C20H27F3N2O/c1-2-3-7-19(26)25-17-9-8-15-16(17)12-24-18(15)11-13-5-4-6-14(10-13)20(21,22)23/h4-6,10,15-18,24H,2-3,7-9,11-12H2,1H3,(H,25,26)/t15-,16+,17-,18-/m0/s1. The number of hydrogen-bond donors (Lipinski definition) is 2. The average Bonchev–Trinajstić information content (AvgIpc) is 3.16. The topological polar surface area (TPSA) is 41.1 Å². The summed E-state index contributed by atoms with van der Waals surface area (Å²) in [5.74, 6) is 0.927. The Morgan fingerprint density at radius 1 is 1.27 bits per heavy atom. The number of carbonyl (C=O) groups is 1. The molecule has 0 bridgehead atoms. The third-order valence-electron chi connectivity index (χ3n) is 5.82. The molecule has 144 valence electrons. The molecule has 26 heavy (non-hydrogen) atoms. The van der Waals surface area contributed by atoms with Gasteiger partial charge in [0.05, 0.1) is 5.56 Å². The maximum absolute atomic E-state index is 12.9. The summed E-state index contributed by atoms with van der Waals surface area (Å²) in [6, 6.07) is 6.00. The first kappa shape index (κ1) is 19.2. The van der Waals surface area contributed by atoms with Gasteiger partial charge in [0, 0.05) is 25.0 Å². The Labute approximate surface area is 152 Å². The molecule has 1 saturated heterocycles. The van der Waals surface area contributed by atoms with E-state index in [0.29, 0.717) is 30.2 Å². The SMILES string of the molecule is CCCCC(=O)N[C@H]1CC[C@H]2[C@H]1CN[C@H]2Cc1cccc(C(F)(F)F)c1. The Hall–Kier alpha value is -1.56. The van der Waals surface area contributed by atoms with Crippen LogP contribution in [0.3, 0.4) is 0 Å². The van der Waals surface area contributed by atoms with Crippen molar-refractivity contribution in [1.82, 2.24) is 10.6 Å². The van der Waals surface area contributed by atoms with Crippen LogP contribution in [0.1, 0.15) is 50.2 Å². The number of hydrogen-bond acceptors (Lipinski definition) is 2. The van der Waals surface area contributed by atoms with Gasteiger partial charge in [-0.15, -0.1) is 0 Å². The van der Waals surface area contributed by atoms with E-state index in [1.165, 1.54) is 12.1 Å². The number of unbranched alkanes of at least 4 members (excludes halogenated alkanes) is 1. The van der Waals surface area contributed by atoms with Crippen LogP contribution >= 0.6 is 0 Å². The normalized spacial score (nSPS) is 28.2. The van der Waals surface area contributed by atoms with Crippen molar-refractivity contribution < 1.29 is 18.0 Å². The van der Waals surface area contributed by atoms with Crippen molar-refractivity contribution in [3.05, 3.63) is 35.4 Å². The third kappa shape index (κ3) is 4.40. The van der Waals surface area contributed by atoms with Crippen molar-refractivity contribution in [3.63, 3.8) is 0 Å². The van der Waals surface area contributed by atoms with Crippen molar-refractivity contribution in [3.8, 4) is 0 Å². The first-order chi connectivity index (χ1) is 12.4. The first-order valence-electron chi connectivity index (χ1n) is 9.57. The maximum atomic E-state index is 12.9. The van der Waals surface area contributed by atoms with E-state index in [9.17, 15) is 18.0 Å². The van der Waals surface area contributed by atoms with Crippen LogP contribution in [0, 0.1) is 11.8 Å². The fourth-order valence-electron chi connectivity index (χ4n) is 4.48. The van der Waals surface area contributed by atoms with E-state index < -0.39 is 11.7 Å². The second kappa shape index (κ2) is 7.99. The lowest BCUT2D eigenvalue weighted by atomic mass is 9.89. The first-order valence-corrected chi connectivity index (χ1v) is 9.57. The molecule has 3 nitrogen and oxygen atoms in total. The maximum Gasteiger partial charge on any atom is 0.416 e. The fourth-order valence-corrected chi connectivity index (χ4v) is 4.48. The number of nitrogens with one attached hydrogen (secondary N) is 2. The van der Waals surface area contributed by atoms with Crippen LogP contribution in [0.2, 0.25) is 0 Å². The van der Waals surface area contributed by atoms with E-state index in [1.807, 2.05) is 0 Å². The molecule has 1 aromatic carbocycles. The van der Waals surface area contributed by atoms with Gasteiger partial charge >= 0.3 is 6.18 Å². The molecular formula is C20H27F3N2O. The van der Waals surface area contributed by atoms with Gasteiger partial charge < -0.3 is 10.6 Å². The van der Waals surface area contributed by atoms with Gasteiger partial charge in [0.15, 0.2) is 0 Å². The lowest BCUT2D eigenvalue weighted by Gasteiger charge is -2.21. The van der Waals surface area contributed by atoms with Crippen LogP contribution in [0.4, 0.5) is 13.2 Å². The van der Waals surface area contributed by atoms with Crippen molar-refractivity contribution in [1.29, 1.82) is 0 Å². The van der Waals surface area contributed by atoms with Gasteiger partial charge in [0.25, 0.3) is 0 Å². The monoisotopic (exact) mass is 368 g/mol. The Balaban J connectivity index is 1.59. The van der Waals surface area contributed by atoms with Gasteiger partial charge in [-0.25, -0.2) is 0 Å². The number of alkyl halides is 3. The number of fused-ring (bicyclic) bond motifs is 1. The second-order valence-corrected chi connectivity index (χ2v) is 7.60. The predicted octanol–water partition coefficient (Wildman–Crippen LogP) is 3.92. The molecule has 6 heteroatoms. The molecule has 1 saturated carbocycles. The predicted molar refractivity (Wildman–Crippen MR) is 94.6 cm³/mol. The zero-order valence-corrected chi connectivity index (χ0v) is 15.1. The molecule has 2 N–H and O–H groups in total. The van der Waals surface area contributed by atoms with Crippen LogP contribution in [0.15, 0.2) is 24.3 Å². The number of amides is 1. The molecule has 2 fully saturated rings. The van der Waals surface area contributed by atoms with Crippen LogP contribution in [-0.4, -0.2) is 24.5 Å². The molecule has 1 heterocycles. The minimum atomic E-state index is -4.30. The van der Waals surface area contributed by atoms with Crippen molar-refractivity contribution >= 4 is 5.91 Å². The molecular weight excluding hydrogens is 341 g/mol. The third-order valence-corrected chi connectivity index (χ3v) is 5.82. The summed E-state index contributed by atoms with van der Waals surface area (Å²) in [5.41, 5.74) is 0.130. The number of rotatable bonds is 6. The Morgan fingerprint density at radius 2 is 2.08 bits per heavy atom. The summed E-state index contributed by atoms with van der Waals surface area (Å²) in [6.45, 7) is 2.89. The molecule has 0 unspecified atom stereocenters. The van der Waals surface area contributed by atoms with Gasteiger partial charge in [0.1, 0.15) is 0 Å². The zero-order chi connectivity index (χ0) is 18.7. The van der Waals surface area contributed by atoms with Gasteiger partial charge in [-0.05, 0) is 49.1 Å². The van der Waals surface area contributed by atoms with Crippen LogP contribution in [0.25, 0.3) is 0 Å². The molecule has 0 aromatic heterocycles. The second-order valence-electron chi connectivity index (χ2n) is 7.60. The molecule has 1 aliphatic heterocycles.